The summed E-state index contributed by atoms with van der Waals surface area (Å²) in [5.74, 6) is 0.586. The fourth-order valence-electron chi connectivity index (χ4n) is 1.11. The van der Waals surface area contributed by atoms with E-state index in [1.165, 1.54) is 12.5 Å². The molecule has 2 heterocycles. The van der Waals surface area contributed by atoms with Gasteiger partial charge in [-0.15, -0.1) is 0 Å². The first-order chi connectivity index (χ1) is 7.25. The average Bonchev–Trinajstić information content (AvgIpc) is 2.69. The van der Waals surface area contributed by atoms with Gasteiger partial charge in [0, 0.05) is 12.3 Å². The monoisotopic (exact) mass is 224 g/mol. The zero-order chi connectivity index (χ0) is 10.7. The van der Waals surface area contributed by atoms with Gasteiger partial charge in [0.05, 0.1) is 17.3 Å². The molecule has 0 aliphatic carbocycles. The van der Waals surface area contributed by atoms with Gasteiger partial charge in [-0.3, -0.25) is 0 Å². The van der Waals surface area contributed by atoms with Gasteiger partial charge < -0.3 is 15.6 Å². The third-order valence-electron chi connectivity index (χ3n) is 1.81. The maximum atomic E-state index is 5.72. The van der Waals surface area contributed by atoms with Gasteiger partial charge in [-0.25, -0.2) is 4.98 Å². The second-order valence-electron chi connectivity index (χ2n) is 2.94. The summed E-state index contributed by atoms with van der Waals surface area (Å²) in [5, 5.41) is 7.29. The Morgan fingerprint density at radius 2 is 2.40 bits per heavy atom. The lowest BCUT2D eigenvalue weighted by atomic mass is 10.3. The SMILES string of the molecule is Nc1cc(Cl)cnc1NCc1ccon1. The van der Waals surface area contributed by atoms with Gasteiger partial charge in [-0.2, -0.15) is 0 Å². The van der Waals surface area contributed by atoms with Crippen molar-refractivity contribution >= 4 is 23.1 Å². The molecule has 0 spiro atoms. The van der Waals surface area contributed by atoms with Crippen molar-refractivity contribution < 1.29 is 4.52 Å². The molecule has 0 fully saturated rings. The van der Waals surface area contributed by atoms with Crippen LogP contribution in [-0.2, 0) is 6.54 Å². The molecule has 2 aromatic heterocycles. The molecule has 0 aromatic carbocycles. The Labute approximate surface area is 91.2 Å². The summed E-state index contributed by atoms with van der Waals surface area (Å²) in [6, 6.07) is 3.40. The highest BCUT2D eigenvalue weighted by Crippen LogP contribution is 2.19. The minimum atomic E-state index is 0.506. The van der Waals surface area contributed by atoms with E-state index in [9.17, 15) is 0 Å². The molecular weight excluding hydrogens is 216 g/mol. The van der Waals surface area contributed by atoms with Crippen molar-refractivity contribution in [3.63, 3.8) is 0 Å². The highest BCUT2D eigenvalue weighted by atomic mass is 35.5. The van der Waals surface area contributed by atoms with Gasteiger partial charge >= 0.3 is 0 Å². The molecule has 2 aromatic rings. The van der Waals surface area contributed by atoms with Crippen molar-refractivity contribution in [1.82, 2.24) is 10.1 Å². The van der Waals surface area contributed by atoms with E-state index in [1.54, 1.807) is 12.1 Å². The number of pyridine rings is 1. The molecule has 0 unspecified atom stereocenters. The largest absolute Gasteiger partial charge is 0.396 e. The van der Waals surface area contributed by atoms with E-state index >= 15 is 0 Å². The third-order valence-corrected chi connectivity index (χ3v) is 2.02. The minimum absolute atomic E-state index is 0.506. The number of aromatic nitrogens is 2. The Morgan fingerprint density at radius 1 is 1.53 bits per heavy atom. The first kappa shape index (κ1) is 9.79. The fourth-order valence-corrected chi connectivity index (χ4v) is 1.27. The molecule has 0 atom stereocenters. The van der Waals surface area contributed by atoms with E-state index in [4.69, 9.17) is 17.3 Å². The third kappa shape index (κ3) is 2.38. The highest BCUT2D eigenvalue weighted by molar-refractivity contribution is 6.30. The molecular formula is C9H9ClN4O. The van der Waals surface area contributed by atoms with Crippen molar-refractivity contribution in [2.45, 2.75) is 6.54 Å². The molecule has 6 heteroatoms. The number of nitrogens with two attached hydrogens (primary N) is 1. The lowest BCUT2D eigenvalue weighted by Crippen LogP contribution is -2.04. The fraction of sp³-hybridized carbons (Fsp3) is 0.111. The second-order valence-corrected chi connectivity index (χ2v) is 3.37. The van der Waals surface area contributed by atoms with Crippen LogP contribution in [0.3, 0.4) is 0 Å². The number of nitrogen functional groups attached to an aromatic ring is 1. The lowest BCUT2D eigenvalue weighted by molar-refractivity contribution is 0.412. The Balaban J connectivity index is 2.05. The normalized spacial score (nSPS) is 10.2. The molecule has 78 valence electrons. The van der Waals surface area contributed by atoms with Crippen LogP contribution in [0.5, 0.6) is 0 Å². The number of hydrogen-bond donors (Lipinski definition) is 2. The summed E-state index contributed by atoms with van der Waals surface area (Å²) in [6.07, 6.45) is 3.04. The summed E-state index contributed by atoms with van der Waals surface area (Å²) in [4.78, 5) is 4.05. The number of nitrogens with zero attached hydrogens (tertiary/aromatic N) is 2. The van der Waals surface area contributed by atoms with Crippen LogP contribution in [-0.4, -0.2) is 10.1 Å². The molecule has 0 radical (unpaired) electrons. The number of nitrogens with one attached hydrogen (secondary N) is 1. The van der Waals surface area contributed by atoms with E-state index in [0.717, 1.165) is 5.69 Å². The van der Waals surface area contributed by atoms with Crippen LogP contribution >= 0.6 is 11.6 Å². The summed E-state index contributed by atoms with van der Waals surface area (Å²) < 4.78 is 4.69. The van der Waals surface area contributed by atoms with Gasteiger partial charge in [-0.1, -0.05) is 16.8 Å². The summed E-state index contributed by atoms with van der Waals surface area (Å²) in [6.45, 7) is 0.509. The van der Waals surface area contributed by atoms with E-state index in [-0.39, 0.29) is 0 Å². The van der Waals surface area contributed by atoms with Crippen molar-refractivity contribution in [3.05, 3.63) is 35.3 Å². The predicted octanol–water partition coefficient (Wildman–Crippen LogP) is 1.92. The Kier molecular flexibility index (Phi) is 2.73. The summed E-state index contributed by atoms with van der Waals surface area (Å²) in [5.41, 5.74) is 7.00. The molecule has 5 nitrogen and oxygen atoms in total. The smallest absolute Gasteiger partial charge is 0.149 e. The maximum Gasteiger partial charge on any atom is 0.149 e. The number of anilines is 2. The molecule has 15 heavy (non-hydrogen) atoms. The van der Waals surface area contributed by atoms with Gasteiger partial charge in [0.25, 0.3) is 0 Å². The van der Waals surface area contributed by atoms with Crippen molar-refractivity contribution in [1.29, 1.82) is 0 Å². The summed E-state index contributed by atoms with van der Waals surface area (Å²) in [7, 11) is 0. The molecule has 0 saturated heterocycles. The Morgan fingerprint density at radius 3 is 3.07 bits per heavy atom. The first-order valence-corrected chi connectivity index (χ1v) is 4.67. The van der Waals surface area contributed by atoms with Crippen LogP contribution in [0, 0.1) is 0 Å². The minimum Gasteiger partial charge on any atom is -0.396 e. The van der Waals surface area contributed by atoms with Crippen molar-refractivity contribution in [2.24, 2.45) is 0 Å². The molecule has 0 bridgehead atoms. The zero-order valence-corrected chi connectivity index (χ0v) is 8.53. The quantitative estimate of drug-likeness (QED) is 0.833. The lowest BCUT2D eigenvalue weighted by Gasteiger charge is -2.06. The van der Waals surface area contributed by atoms with E-state index in [1.807, 2.05) is 0 Å². The topological polar surface area (TPSA) is 77.0 Å². The highest BCUT2D eigenvalue weighted by Gasteiger charge is 2.02. The van der Waals surface area contributed by atoms with Gasteiger partial charge in [0.15, 0.2) is 0 Å². The van der Waals surface area contributed by atoms with E-state index in [0.29, 0.717) is 23.1 Å². The number of hydrogen-bond acceptors (Lipinski definition) is 5. The molecule has 3 N–H and O–H groups in total. The zero-order valence-electron chi connectivity index (χ0n) is 7.77. The van der Waals surface area contributed by atoms with Crippen LogP contribution in [0.25, 0.3) is 0 Å². The number of halogens is 1. The van der Waals surface area contributed by atoms with Crippen LogP contribution in [0.4, 0.5) is 11.5 Å². The molecule has 0 saturated carbocycles. The first-order valence-electron chi connectivity index (χ1n) is 4.30. The van der Waals surface area contributed by atoms with Gasteiger partial charge in [0.1, 0.15) is 17.8 Å². The van der Waals surface area contributed by atoms with Crippen LogP contribution in [0.15, 0.2) is 29.1 Å². The van der Waals surface area contributed by atoms with Crippen LogP contribution < -0.4 is 11.1 Å². The number of rotatable bonds is 3. The molecule has 0 amide bonds. The Hall–Kier alpha value is -1.75. The molecule has 0 aliphatic rings. The summed E-state index contributed by atoms with van der Waals surface area (Å²) >= 11 is 5.72. The average molecular weight is 225 g/mol. The van der Waals surface area contributed by atoms with E-state index < -0.39 is 0 Å². The van der Waals surface area contributed by atoms with E-state index in [2.05, 4.69) is 20.0 Å². The maximum absolute atomic E-state index is 5.72. The molecule has 0 aliphatic heterocycles. The van der Waals surface area contributed by atoms with Crippen LogP contribution in [0.2, 0.25) is 5.02 Å². The second kappa shape index (κ2) is 4.18. The standard InChI is InChI=1S/C9H9ClN4O/c10-6-3-8(11)9(12-4-6)13-5-7-1-2-15-14-7/h1-4H,5,11H2,(H,12,13). The molecule has 2 rings (SSSR count). The predicted molar refractivity (Wildman–Crippen MR) is 57.5 cm³/mol. The van der Waals surface area contributed by atoms with Crippen molar-refractivity contribution in [2.75, 3.05) is 11.1 Å². The van der Waals surface area contributed by atoms with Crippen LogP contribution in [0.1, 0.15) is 5.69 Å². The van der Waals surface area contributed by atoms with Gasteiger partial charge in [0.2, 0.25) is 0 Å². The Bertz CT molecular complexity index is 443. The van der Waals surface area contributed by atoms with Crippen molar-refractivity contribution in [3.8, 4) is 0 Å². The van der Waals surface area contributed by atoms with Gasteiger partial charge in [-0.05, 0) is 6.07 Å².